The summed E-state index contributed by atoms with van der Waals surface area (Å²) >= 11 is 3.75. The first-order valence-corrected chi connectivity index (χ1v) is 8.97. The van der Waals surface area contributed by atoms with E-state index in [-0.39, 0.29) is 0 Å². The molecule has 0 atom stereocenters. The lowest BCUT2D eigenvalue weighted by molar-refractivity contribution is 1.04. The number of hydrogen-bond acceptors (Lipinski definition) is 3. The van der Waals surface area contributed by atoms with Crippen molar-refractivity contribution in [3.05, 3.63) is 71.8 Å². The number of benzene rings is 3. The van der Waals surface area contributed by atoms with Gasteiger partial charge in [0.15, 0.2) is 0 Å². The summed E-state index contributed by atoms with van der Waals surface area (Å²) < 4.78 is 0. The third-order valence-corrected chi connectivity index (χ3v) is 6.46. The van der Waals surface area contributed by atoms with Crippen LogP contribution in [-0.2, 0) is 6.42 Å². The van der Waals surface area contributed by atoms with Crippen LogP contribution in [0.4, 0.5) is 11.4 Å². The number of nitrogens with one attached hydrogen (secondary N) is 1. The second kappa shape index (κ2) is 4.83. The fourth-order valence-corrected chi connectivity index (χ4v) is 5.14. The molecule has 0 amide bonds. The average molecular weight is 319 g/mol. The summed E-state index contributed by atoms with van der Waals surface area (Å²) in [4.78, 5) is 5.40. The molecule has 0 spiro atoms. The second-order valence-corrected chi connectivity index (χ2v) is 7.73. The minimum atomic E-state index is 1.04. The monoisotopic (exact) mass is 319 g/mol. The van der Waals surface area contributed by atoms with E-state index in [0.29, 0.717) is 0 Å². The smallest absolute Gasteiger partial charge is 0.0537 e. The van der Waals surface area contributed by atoms with Crippen molar-refractivity contribution in [1.82, 2.24) is 0 Å². The van der Waals surface area contributed by atoms with Crippen molar-refractivity contribution in [2.45, 2.75) is 26.0 Å². The molecule has 2 heterocycles. The molecule has 106 valence electrons. The van der Waals surface area contributed by atoms with Gasteiger partial charge in [0.05, 0.1) is 11.4 Å². The molecule has 0 bridgehead atoms. The molecule has 0 fully saturated rings. The van der Waals surface area contributed by atoms with Gasteiger partial charge in [-0.15, -0.1) is 0 Å². The number of hydrogen-bond donors (Lipinski definition) is 1. The fraction of sp³-hybridized carbons (Fsp3) is 0.0526. The van der Waals surface area contributed by atoms with Gasteiger partial charge in [-0.05, 0) is 47.9 Å². The first-order valence-electron chi connectivity index (χ1n) is 7.33. The van der Waals surface area contributed by atoms with Crippen LogP contribution < -0.4 is 5.32 Å². The van der Waals surface area contributed by atoms with E-state index in [4.69, 9.17) is 0 Å². The van der Waals surface area contributed by atoms with Gasteiger partial charge < -0.3 is 5.32 Å². The molecule has 0 aliphatic carbocycles. The van der Waals surface area contributed by atoms with Crippen molar-refractivity contribution in [1.29, 1.82) is 0 Å². The first-order chi connectivity index (χ1) is 10.9. The number of rotatable bonds is 0. The third-order valence-electron chi connectivity index (χ3n) is 4.11. The van der Waals surface area contributed by atoms with Gasteiger partial charge in [-0.25, -0.2) is 0 Å². The molecule has 22 heavy (non-hydrogen) atoms. The zero-order chi connectivity index (χ0) is 14.5. The molecule has 2 aliphatic rings. The highest BCUT2D eigenvalue weighted by Gasteiger charge is 2.21. The summed E-state index contributed by atoms with van der Waals surface area (Å²) in [6.07, 6.45) is 1.04. The Morgan fingerprint density at radius 1 is 0.636 bits per heavy atom. The minimum absolute atomic E-state index is 1.04. The van der Waals surface area contributed by atoms with Crippen molar-refractivity contribution >= 4 is 34.9 Å². The predicted octanol–water partition coefficient (Wildman–Crippen LogP) is 5.95. The minimum Gasteiger partial charge on any atom is -0.354 e. The summed E-state index contributed by atoms with van der Waals surface area (Å²) in [5.74, 6) is 0. The van der Waals surface area contributed by atoms with Crippen LogP contribution in [0.25, 0.3) is 0 Å². The largest absolute Gasteiger partial charge is 0.354 e. The highest BCUT2D eigenvalue weighted by molar-refractivity contribution is 8.00. The van der Waals surface area contributed by atoms with E-state index in [1.807, 2.05) is 23.5 Å². The predicted molar refractivity (Wildman–Crippen MR) is 93.7 cm³/mol. The summed E-state index contributed by atoms with van der Waals surface area (Å²) in [6, 6.07) is 21.9. The molecule has 3 aromatic rings. The van der Waals surface area contributed by atoms with Crippen LogP contribution in [0.15, 0.2) is 80.2 Å². The van der Waals surface area contributed by atoms with Crippen LogP contribution in [-0.4, -0.2) is 0 Å². The topological polar surface area (TPSA) is 12.0 Å². The molecule has 1 N–H and O–H groups in total. The Morgan fingerprint density at radius 3 is 2.36 bits per heavy atom. The maximum Gasteiger partial charge on any atom is 0.0537 e. The zero-order valence-corrected chi connectivity index (χ0v) is 13.4. The SMILES string of the molecule is c1ccc2c(c1)Cc1cc3c(cc1S2)Nc1ccccc1S3. The molecule has 1 nitrogen and oxygen atoms in total. The second-order valence-electron chi connectivity index (χ2n) is 5.57. The van der Waals surface area contributed by atoms with Crippen LogP contribution in [0.1, 0.15) is 11.1 Å². The molecule has 0 aromatic heterocycles. The van der Waals surface area contributed by atoms with Crippen LogP contribution >= 0.6 is 23.5 Å². The molecule has 0 unspecified atom stereocenters. The van der Waals surface area contributed by atoms with Gasteiger partial charge in [0.1, 0.15) is 0 Å². The number of para-hydroxylation sites is 1. The molecule has 0 saturated heterocycles. The van der Waals surface area contributed by atoms with E-state index in [1.165, 1.54) is 42.1 Å². The van der Waals surface area contributed by atoms with Gasteiger partial charge in [0, 0.05) is 19.6 Å². The Kier molecular flexibility index (Phi) is 2.79. The van der Waals surface area contributed by atoms with E-state index in [1.54, 1.807) is 0 Å². The summed E-state index contributed by atoms with van der Waals surface area (Å²) in [5, 5.41) is 3.58. The van der Waals surface area contributed by atoms with Crippen molar-refractivity contribution in [2.24, 2.45) is 0 Å². The molecule has 5 rings (SSSR count). The van der Waals surface area contributed by atoms with E-state index in [2.05, 4.69) is 66.0 Å². The van der Waals surface area contributed by atoms with E-state index < -0.39 is 0 Å². The van der Waals surface area contributed by atoms with Crippen LogP contribution in [0.3, 0.4) is 0 Å². The quantitative estimate of drug-likeness (QED) is 0.379. The van der Waals surface area contributed by atoms with Crippen LogP contribution in [0.2, 0.25) is 0 Å². The van der Waals surface area contributed by atoms with Gasteiger partial charge in [0.2, 0.25) is 0 Å². The third kappa shape index (κ3) is 1.97. The van der Waals surface area contributed by atoms with Gasteiger partial charge in [-0.1, -0.05) is 53.9 Å². The Labute approximate surface area is 138 Å². The molecular formula is C19H13NS2. The maximum absolute atomic E-state index is 3.58. The summed E-state index contributed by atoms with van der Waals surface area (Å²) in [6.45, 7) is 0. The lowest BCUT2D eigenvalue weighted by Gasteiger charge is -2.25. The van der Waals surface area contributed by atoms with Crippen molar-refractivity contribution in [2.75, 3.05) is 5.32 Å². The maximum atomic E-state index is 3.58. The molecular weight excluding hydrogens is 306 g/mol. The van der Waals surface area contributed by atoms with Crippen molar-refractivity contribution < 1.29 is 0 Å². The van der Waals surface area contributed by atoms with Crippen molar-refractivity contribution in [3.8, 4) is 0 Å². The Morgan fingerprint density at radius 2 is 1.41 bits per heavy atom. The highest BCUT2D eigenvalue weighted by atomic mass is 32.2. The Balaban J connectivity index is 1.60. The average Bonchev–Trinajstić information content (AvgIpc) is 2.56. The van der Waals surface area contributed by atoms with E-state index >= 15 is 0 Å². The molecule has 3 aromatic carbocycles. The lowest BCUT2D eigenvalue weighted by Crippen LogP contribution is -2.04. The zero-order valence-electron chi connectivity index (χ0n) is 11.8. The standard InChI is InChI=1S/C19H13NS2/c1-3-7-16-12(5-1)9-13-10-19-15(11-18(13)21-16)20-14-6-2-4-8-17(14)22-19/h1-8,10-11,20H,9H2. The van der Waals surface area contributed by atoms with Crippen LogP contribution in [0.5, 0.6) is 0 Å². The summed E-state index contributed by atoms with van der Waals surface area (Å²) in [7, 11) is 0. The number of fused-ring (bicyclic) bond motifs is 4. The van der Waals surface area contributed by atoms with Crippen molar-refractivity contribution in [3.63, 3.8) is 0 Å². The van der Waals surface area contributed by atoms with E-state index in [0.717, 1.165) is 6.42 Å². The number of anilines is 2. The Hall–Kier alpha value is -1.84. The normalized spacial score (nSPS) is 14.2. The Bertz CT molecular complexity index is 758. The molecule has 0 saturated carbocycles. The van der Waals surface area contributed by atoms with E-state index in [9.17, 15) is 0 Å². The van der Waals surface area contributed by atoms with Gasteiger partial charge in [-0.3, -0.25) is 0 Å². The fourth-order valence-electron chi connectivity index (χ4n) is 3.01. The first kappa shape index (κ1) is 12.7. The molecule has 3 heteroatoms. The molecule has 0 radical (unpaired) electrons. The van der Waals surface area contributed by atoms with Crippen LogP contribution in [0, 0.1) is 0 Å². The van der Waals surface area contributed by atoms with Gasteiger partial charge in [-0.2, -0.15) is 0 Å². The lowest BCUT2D eigenvalue weighted by atomic mass is 10.0. The summed E-state index contributed by atoms with van der Waals surface area (Å²) in [5.41, 5.74) is 5.32. The van der Waals surface area contributed by atoms with Gasteiger partial charge >= 0.3 is 0 Å². The van der Waals surface area contributed by atoms with Gasteiger partial charge in [0.25, 0.3) is 0 Å². The highest BCUT2D eigenvalue weighted by Crippen LogP contribution is 2.48. The molecule has 2 aliphatic heterocycles.